The van der Waals surface area contributed by atoms with Crippen LogP contribution in [-0.2, 0) is 11.3 Å². The molecule has 1 aromatic heterocycles. The predicted molar refractivity (Wildman–Crippen MR) is 82.3 cm³/mol. The Balaban J connectivity index is 2.09. The highest BCUT2D eigenvalue weighted by Crippen LogP contribution is 2.38. The van der Waals surface area contributed by atoms with Crippen LogP contribution in [0, 0.1) is 6.92 Å². The smallest absolute Gasteiger partial charge is 0.127 e. The zero-order chi connectivity index (χ0) is 14.3. The number of benzene rings is 1. The third-order valence-corrected chi connectivity index (χ3v) is 4.63. The lowest BCUT2D eigenvalue weighted by molar-refractivity contribution is -0.0832. The van der Waals surface area contributed by atoms with E-state index in [9.17, 15) is 0 Å². The minimum atomic E-state index is -0.100. The summed E-state index contributed by atoms with van der Waals surface area (Å²) in [7, 11) is 1.81. The lowest BCUT2D eigenvalue weighted by Gasteiger charge is -2.41. The maximum Gasteiger partial charge on any atom is 0.127 e. The zero-order valence-electron chi connectivity index (χ0n) is 12.3. The molecule has 1 fully saturated rings. The number of hydrogen-bond donors (Lipinski definition) is 0. The van der Waals surface area contributed by atoms with E-state index >= 15 is 0 Å². The number of methoxy groups -OCH3 is 1. The van der Waals surface area contributed by atoms with Crippen LogP contribution in [-0.4, -0.2) is 22.3 Å². The van der Waals surface area contributed by atoms with E-state index in [1.54, 1.807) is 0 Å². The van der Waals surface area contributed by atoms with Crippen LogP contribution in [0.25, 0.3) is 11.0 Å². The van der Waals surface area contributed by atoms with Crippen molar-refractivity contribution >= 4 is 22.6 Å². The number of hydrogen-bond acceptors (Lipinski definition) is 2. The average Bonchev–Trinajstić information content (AvgIpc) is 2.71. The standard InChI is InChI=1S/C16H21ClN2O/c1-11-5-6-14-13(9-11)18-15(12(2)17)19(14)10-16(20-3)7-4-8-16/h5-6,9,12H,4,7-8,10H2,1-3H3. The number of imidazole rings is 1. The Labute approximate surface area is 124 Å². The molecule has 1 unspecified atom stereocenters. The van der Waals surface area contributed by atoms with Gasteiger partial charge in [-0.25, -0.2) is 4.98 Å². The van der Waals surface area contributed by atoms with E-state index in [2.05, 4.69) is 29.7 Å². The number of rotatable bonds is 4. The quantitative estimate of drug-likeness (QED) is 0.789. The molecule has 2 aromatic rings. The van der Waals surface area contributed by atoms with E-state index in [1.165, 1.54) is 12.0 Å². The van der Waals surface area contributed by atoms with Crippen molar-refractivity contribution in [1.29, 1.82) is 0 Å². The minimum Gasteiger partial charge on any atom is -0.376 e. The first-order valence-corrected chi connectivity index (χ1v) is 7.64. The van der Waals surface area contributed by atoms with Gasteiger partial charge in [0.25, 0.3) is 0 Å². The van der Waals surface area contributed by atoms with Gasteiger partial charge in [0.1, 0.15) is 5.82 Å². The Bertz CT molecular complexity index is 623. The van der Waals surface area contributed by atoms with Gasteiger partial charge in [0.2, 0.25) is 0 Å². The molecule has 1 aliphatic carbocycles. The highest BCUT2D eigenvalue weighted by Gasteiger charge is 2.38. The van der Waals surface area contributed by atoms with Gasteiger partial charge >= 0.3 is 0 Å². The summed E-state index contributed by atoms with van der Waals surface area (Å²) in [6.45, 7) is 4.91. The van der Waals surface area contributed by atoms with Gasteiger partial charge in [-0.2, -0.15) is 0 Å². The van der Waals surface area contributed by atoms with E-state index < -0.39 is 0 Å². The van der Waals surface area contributed by atoms with Crippen LogP contribution in [0.1, 0.15) is 43.0 Å². The van der Waals surface area contributed by atoms with Crippen molar-refractivity contribution in [3.05, 3.63) is 29.6 Å². The Morgan fingerprint density at radius 3 is 2.75 bits per heavy atom. The molecule has 0 spiro atoms. The van der Waals surface area contributed by atoms with Crippen LogP contribution in [0.3, 0.4) is 0 Å². The largest absolute Gasteiger partial charge is 0.376 e. The number of alkyl halides is 1. The topological polar surface area (TPSA) is 27.1 Å². The monoisotopic (exact) mass is 292 g/mol. The molecule has 3 nitrogen and oxygen atoms in total. The summed E-state index contributed by atoms with van der Waals surface area (Å²) >= 11 is 6.33. The number of ether oxygens (including phenoxy) is 1. The SMILES string of the molecule is COC1(Cn2c(C(C)Cl)nc3cc(C)ccc32)CCC1. The van der Waals surface area contributed by atoms with Gasteiger partial charge in [-0.05, 0) is 50.8 Å². The molecule has 1 saturated carbocycles. The van der Waals surface area contributed by atoms with E-state index in [1.807, 2.05) is 14.0 Å². The molecule has 1 heterocycles. The molecule has 1 atom stereocenters. The molecule has 4 heteroatoms. The molecule has 0 saturated heterocycles. The van der Waals surface area contributed by atoms with Gasteiger partial charge in [-0.1, -0.05) is 6.07 Å². The molecule has 108 valence electrons. The van der Waals surface area contributed by atoms with Gasteiger partial charge in [-0.3, -0.25) is 0 Å². The average molecular weight is 293 g/mol. The maximum atomic E-state index is 6.33. The van der Waals surface area contributed by atoms with Gasteiger partial charge in [0.05, 0.1) is 28.6 Å². The third-order valence-electron chi connectivity index (χ3n) is 4.43. The second-order valence-electron chi connectivity index (χ2n) is 5.91. The molecule has 3 rings (SSSR count). The third kappa shape index (κ3) is 2.23. The first kappa shape index (κ1) is 13.9. The molecule has 1 aliphatic rings. The van der Waals surface area contributed by atoms with Gasteiger partial charge < -0.3 is 9.30 Å². The molecule has 20 heavy (non-hydrogen) atoms. The number of nitrogens with zero attached hydrogens (tertiary/aromatic N) is 2. The van der Waals surface area contributed by atoms with Crippen molar-refractivity contribution in [2.75, 3.05) is 7.11 Å². The van der Waals surface area contributed by atoms with Crippen molar-refractivity contribution in [2.45, 2.75) is 50.6 Å². The van der Waals surface area contributed by atoms with Gasteiger partial charge in [-0.15, -0.1) is 11.6 Å². The summed E-state index contributed by atoms with van der Waals surface area (Å²) in [6, 6.07) is 6.39. The fourth-order valence-corrected chi connectivity index (χ4v) is 3.18. The molecule has 0 radical (unpaired) electrons. The lowest BCUT2D eigenvalue weighted by Crippen LogP contribution is -2.43. The van der Waals surface area contributed by atoms with Crippen molar-refractivity contribution < 1.29 is 4.74 Å². The van der Waals surface area contributed by atoms with E-state index in [0.29, 0.717) is 0 Å². The Morgan fingerprint density at radius 2 is 2.20 bits per heavy atom. The van der Waals surface area contributed by atoms with E-state index in [-0.39, 0.29) is 11.0 Å². The van der Waals surface area contributed by atoms with Gasteiger partial charge in [0.15, 0.2) is 0 Å². The van der Waals surface area contributed by atoms with Crippen LogP contribution in [0.5, 0.6) is 0 Å². The van der Waals surface area contributed by atoms with E-state index in [0.717, 1.165) is 36.2 Å². The highest BCUT2D eigenvalue weighted by atomic mass is 35.5. The number of aryl methyl sites for hydroxylation is 1. The van der Waals surface area contributed by atoms with Crippen LogP contribution in [0.4, 0.5) is 0 Å². The first-order valence-electron chi connectivity index (χ1n) is 7.21. The summed E-state index contributed by atoms with van der Waals surface area (Å²) in [5.41, 5.74) is 3.37. The fourth-order valence-electron chi connectivity index (χ4n) is 3.01. The lowest BCUT2D eigenvalue weighted by atomic mass is 9.80. The molecule has 0 bridgehead atoms. The summed E-state index contributed by atoms with van der Waals surface area (Å²) in [5.74, 6) is 0.940. The summed E-state index contributed by atoms with van der Waals surface area (Å²) < 4.78 is 8.01. The summed E-state index contributed by atoms with van der Waals surface area (Å²) in [4.78, 5) is 4.73. The second-order valence-corrected chi connectivity index (χ2v) is 6.56. The van der Waals surface area contributed by atoms with Crippen molar-refractivity contribution in [1.82, 2.24) is 9.55 Å². The number of fused-ring (bicyclic) bond motifs is 1. The Kier molecular flexibility index (Phi) is 3.51. The zero-order valence-corrected chi connectivity index (χ0v) is 13.1. The molecule has 0 aliphatic heterocycles. The Hall–Kier alpha value is -1.06. The maximum absolute atomic E-state index is 6.33. The van der Waals surface area contributed by atoms with Gasteiger partial charge in [0, 0.05) is 7.11 Å². The number of aromatic nitrogens is 2. The predicted octanol–water partition coefficient (Wildman–Crippen LogP) is 4.21. The second kappa shape index (κ2) is 5.05. The summed E-state index contributed by atoms with van der Waals surface area (Å²) in [5, 5.41) is -0.100. The first-order chi connectivity index (χ1) is 9.54. The summed E-state index contributed by atoms with van der Waals surface area (Å²) in [6.07, 6.45) is 3.47. The highest BCUT2D eigenvalue weighted by molar-refractivity contribution is 6.20. The number of halogens is 1. The van der Waals surface area contributed by atoms with Crippen molar-refractivity contribution in [3.8, 4) is 0 Å². The molecule has 0 N–H and O–H groups in total. The van der Waals surface area contributed by atoms with Crippen molar-refractivity contribution in [3.63, 3.8) is 0 Å². The van der Waals surface area contributed by atoms with E-state index in [4.69, 9.17) is 21.3 Å². The molecular formula is C16H21ClN2O. The molecule has 1 aromatic carbocycles. The molecule has 0 amide bonds. The normalized spacial score (nSPS) is 19.0. The molecular weight excluding hydrogens is 272 g/mol. The van der Waals surface area contributed by atoms with Crippen molar-refractivity contribution in [2.24, 2.45) is 0 Å². The van der Waals surface area contributed by atoms with Crippen LogP contribution in [0.2, 0.25) is 0 Å². The van der Waals surface area contributed by atoms with Crippen LogP contribution in [0.15, 0.2) is 18.2 Å². The van der Waals surface area contributed by atoms with Crippen LogP contribution < -0.4 is 0 Å². The Morgan fingerprint density at radius 1 is 1.45 bits per heavy atom. The van der Waals surface area contributed by atoms with Crippen LogP contribution >= 0.6 is 11.6 Å². The minimum absolute atomic E-state index is 0.0287. The fraction of sp³-hybridized carbons (Fsp3) is 0.562.